The van der Waals surface area contributed by atoms with Crippen LogP contribution in [0.15, 0.2) is 49.0 Å². The highest BCUT2D eigenvalue weighted by molar-refractivity contribution is 5.94. The molecule has 0 spiro atoms. The summed E-state index contributed by atoms with van der Waals surface area (Å²) >= 11 is 0. The SMILES string of the molecule is C=C(c1cccc2ccccc12)[C@@H]1O[C@H]1CCCC. The summed E-state index contributed by atoms with van der Waals surface area (Å²) in [5.74, 6) is 0. The van der Waals surface area contributed by atoms with E-state index in [1.807, 2.05) is 0 Å². The van der Waals surface area contributed by atoms with Gasteiger partial charge in [0.1, 0.15) is 6.10 Å². The summed E-state index contributed by atoms with van der Waals surface area (Å²) in [6, 6.07) is 14.9. The van der Waals surface area contributed by atoms with Crippen molar-refractivity contribution in [3.8, 4) is 0 Å². The highest BCUT2D eigenvalue weighted by Crippen LogP contribution is 2.39. The molecule has 19 heavy (non-hydrogen) atoms. The second kappa shape index (κ2) is 5.18. The normalized spacial score (nSPS) is 21.5. The van der Waals surface area contributed by atoms with Gasteiger partial charge < -0.3 is 4.74 Å². The average molecular weight is 252 g/mol. The standard InChI is InChI=1S/C18H20O/c1-3-4-12-17-18(19-17)13(2)15-11-7-9-14-8-5-6-10-16(14)15/h5-11,17-18H,2-4,12H2,1H3/t17-,18-/m0/s1. The molecule has 1 heteroatoms. The highest BCUT2D eigenvalue weighted by Gasteiger charge is 2.40. The summed E-state index contributed by atoms with van der Waals surface area (Å²) in [6.07, 6.45) is 4.26. The molecule has 0 saturated carbocycles. The van der Waals surface area contributed by atoms with Gasteiger partial charge in [-0.2, -0.15) is 0 Å². The van der Waals surface area contributed by atoms with E-state index in [2.05, 4.69) is 56.0 Å². The third-order valence-corrected chi connectivity index (χ3v) is 3.90. The van der Waals surface area contributed by atoms with Gasteiger partial charge in [-0.15, -0.1) is 0 Å². The van der Waals surface area contributed by atoms with Crippen LogP contribution in [0.2, 0.25) is 0 Å². The van der Waals surface area contributed by atoms with Crippen LogP contribution in [-0.2, 0) is 4.74 Å². The summed E-state index contributed by atoms with van der Waals surface area (Å²) in [5.41, 5.74) is 2.38. The molecule has 1 nitrogen and oxygen atoms in total. The van der Waals surface area contributed by atoms with Crippen molar-refractivity contribution in [2.45, 2.75) is 38.4 Å². The number of hydrogen-bond donors (Lipinski definition) is 0. The fraction of sp³-hybridized carbons (Fsp3) is 0.333. The summed E-state index contributed by atoms with van der Waals surface area (Å²) in [4.78, 5) is 0. The van der Waals surface area contributed by atoms with Gasteiger partial charge in [-0.05, 0) is 28.3 Å². The average Bonchev–Trinajstić information content (AvgIpc) is 3.23. The maximum atomic E-state index is 5.78. The van der Waals surface area contributed by atoms with Crippen molar-refractivity contribution >= 4 is 16.3 Å². The molecule has 2 aromatic carbocycles. The lowest BCUT2D eigenvalue weighted by Gasteiger charge is -2.07. The Kier molecular flexibility index (Phi) is 3.39. The fourth-order valence-electron chi connectivity index (χ4n) is 2.73. The van der Waals surface area contributed by atoms with Crippen molar-refractivity contribution in [3.63, 3.8) is 0 Å². The van der Waals surface area contributed by atoms with Crippen molar-refractivity contribution < 1.29 is 4.74 Å². The van der Waals surface area contributed by atoms with E-state index in [-0.39, 0.29) is 6.10 Å². The number of fused-ring (bicyclic) bond motifs is 1. The van der Waals surface area contributed by atoms with Gasteiger partial charge in [0.15, 0.2) is 0 Å². The van der Waals surface area contributed by atoms with Gasteiger partial charge in [-0.3, -0.25) is 0 Å². The molecule has 0 amide bonds. The smallest absolute Gasteiger partial charge is 0.109 e. The van der Waals surface area contributed by atoms with Crippen molar-refractivity contribution in [3.05, 3.63) is 54.6 Å². The van der Waals surface area contributed by atoms with E-state index in [1.54, 1.807) is 0 Å². The first-order valence-electron chi connectivity index (χ1n) is 7.13. The molecule has 1 aliphatic rings. The zero-order valence-electron chi connectivity index (χ0n) is 11.4. The van der Waals surface area contributed by atoms with Crippen LogP contribution in [0.5, 0.6) is 0 Å². The Balaban J connectivity index is 1.83. The number of ether oxygens (including phenoxy) is 1. The first-order valence-corrected chi connectivity index (χ1v) is 7.13. The van der Waals surface area contributed by atoms with Gasteiger partial charge in [0.05, 0.1) is 6.10 Å². The Labute approximate surface area is 114 Å². The zero-order valence-corrected chi connectivity index (χ0v) is 11.4. The molecule has 0 unspecified atom stereocenters. The zero-order chi connectivity index (χ0) is 13.2. The van der Waals surface area contributed by atoms with Crippen molar-refractivity contribution in [2.24, 2.45) is 0 Å². The minimum absolute atomic E-state index is 0.234. The minimum Gasteiger partial charge on any atom is -0.365 e. The predicted octanol–water partition coefficient (Wildman–Crippen LogP) is 4.81. The maximum absolute atomic E-state index is 5.78. The minimum atomic E-state index is 0.234. The summed E-state index contributed by atoms with van der Waals surface area (Å²) in [5, 5.41) is 2.55. The van der Waals surface area contributed by atoms with Gasteiger partial charge in [-0.25, -0.2) is 0 Å². The Morgan fingerprint density at radius 1 is 1.16 bits per heavy atom. The number of hydrogen-bond acceptors (Lipinski definition) is 1. The lowest BCUT2D eigenvalue weighted by Crippen LogP contribution is -1.97. The molecule has 98 valence electrons. The molecule has 0 aromatic heterocycles. The lowest BCUT2D eigenvalue weighted by molar-refractivity contribution is 0.377. The summed E-state index contributed by atoms with van der Waals surface area (Å²) < 4.78 is 5.78. The molecule has 1 fully saturated rings. The van der Waals surface area contributed by atoms with Crippen LogP contribution in [0.3, 0.4) is 0 Å². The van der Waals surface area contributed by atoms with E-state index >= 15 is 0 Å². The monoisotopic (exact) mass is 252 g/mol. The maximum Gasteiger partial charge on any atom is 0.109 e. The molecule has 2 atom stereocenters. The quantitative estimate of drug-likeness (QED) is 0.696. The third kappa shape index (κ3) is 2.43. The van der Waals surface area contributed by atoms with Gasteiger partial charge in [0.2, 0.25) is 0 Å². The molecule has 0 N–H and O–H groups in total. The van der Waals surface area contributed by atoms with E-state index in [0.29, 0.717) is 6.10 Å². The molecule has 1 heterocycles. The molecule has 0 radical (unpaired) electrons. The first-order chi connectivity index (χ1) is 9.31. The van der Waals surface area contributed by atoms with Crippen molar-refractivity contribution in [1.82, 2.24) is 0 Å². The molecule has 3 rings (SSSR count). The Morgan fingerprint density at radius 3 is 2.79 bits per heavy atom. The topological polar surface area (TPSA) is 12.5 Å². The second-order valence-corrected chi connectivity index (χ2v) is 5.29. The van der Waals surface area contributed by atoms with Crippen LogP contribution in [0.25, 0.3) is 16.3 Å². The Morgan fingerprint density at radius 2 is 1.95 bits per heavy atom. The van der Waals surface area contributed by atoms with Crippen molar-refractivity contribution in [1.29, 1.82) is 0 Å². The molecule has 2 aromatic rings. The molecular formula is C18H20O. The molecule has 1 aliphatic heterocycles. The molecule has 0 bridgehead atoms. The molecule has 1 saturated heterocycles. The summed E-state index contributed by atoms with van der Waals surface area (Å²) in [6.45, 7) is 6.49. The van der Waals surface area contributed by atoms with Crippen LogP contribution in [-0.4, -0.2) is 12.2 Å². The second-order valence-electron chi connectivity index (χ2n) is 5.29. The first kappa shape index (κ1) is 12.4. The van der Waals surface area contributed by atoms with Crippen LogP contribution in [0, 0.1) is 0 Å². The molecule has 0 aliphatic carbocycles. The van der Waals surface area contributed by atoms with Gasteiger partial charge in [-0.1, -0.05) is 68.8 Å². The van der Waals surface area contributed by atoms with Crippen LogP contribution < -0.4 is 0 Å². The number of rotatable bonds is 5. The van der Waals surface area contributed by atoms with E-state index in [0.717, 1.165) is 12.0 Å². The lowest BCUT2D eigenvalue weighted by atomic mass is 9.95. The summed E-state index contributed by atoms with van der Waals surface area (Å²) in [7, 11) is 0. The Bertz CT molecular complexity index is 594. The predicted molar refractivity (Wildman–Crippen MR) is 81.2 cm³/mol. The van der Waals surface area contributed by atoms with E-state index < -0.39 is 0 Å². The van der Waals surface area contributed by atoms with E-state index in [9.17, 15) is 0 Å². The van der Waals surface area contributed by atoms with Crippen LogP contribution in [0.4, 0.5) is 0 Å². The van der Waals surface area contributed by atoms with Gasteiger partial charge in [0.25, 0.3) is 0 Å². The number of epoxide rings is 1. The van der Waals surface area contributed by atoms with Crippen molar-refractivity contribution in [2.75, 3.05) is 0 Å². The third-order valence-electron chi connectivity index (χ3n) is 3.90. The van der Waals surface area contributed by atoms with Gasteiger partial charge in [0, 0.05) is 0 Å². The highest BCUT2D eigenvalue weighted by atomic mass is 16.6. The largest absolute Gasteiger partial charge is 0.365 e. The number of benzene rings is 2. The van der Waals surface area contributed by atoms with Gasteiger partial charge >= 0.3 is 0 Å². The van der Waals surface area contributed by atoms with Crippen LogP contribution >= 0.6 is 0 Å². The van der Waals surface area contributed by atoms with E-state index in [4.69, 9.17) is 4.74 Å². The van der Waals surface area contributed by atoms with E-state index in [1.165, 1.54) is 29.2 Å². The number of unbranched alkanes of at least 4 members (excludes halogenated alkanes) is 1. The molecular weight excluding hydrogens is 232 g/mol. The fourth-order valence-corrected chi connectivity index (χ4v) is 2.73. The van der Waals surface area contributed by atoms with Crippen LogP contribution in [0.1, 0.15) is 31.7 Å². The Hall–Kier alpha value is -1.60.